The fourth-order valence-corrected chi connectivity index (χ4v) is 9.69. The molecule has 0 spiro atoms. The second kappa shape index (κ2) is 10.6. The molecule has 1 heterocycles. The molecule has 2 saturated carbocycles. The third-order valence-electron chi connectivity index (χ3n) is 11.6. The summed E-state index contributed by atoms with van der Waals surface area (Å²) in [4.78, 5) is 16.3. The minimum atomic E-state index is -0.550. The van der Waals surface area contributed by atoms with E-state index in [9.17, 15) is 10.0 Å². The number of rotatable bonds is 4. The maximum absolute atomic E-state index is 13.8. The smallest absolute Gasteiger partial charge is 0.151 e. The highest BCUT2D eigenvalue weighted by Crippen LogP contribution is 2.70. The van der Waals surface area contributed by atoms with Crippen molar-refractivity contribution in [3.05, 3.63) is 52.6 Å². The van der Waals surface area contributed by atoms with Crippen molar-refractivity contribution >= 4 is 17.2 Å². The molecule has 1 aromatic rings. The highest BCUT2D eigenvalue weighted by Gasteiger charge is 2.65. The number of allylic oxidation sites excluding steroid dienone is 4. The van der Waals surface area contributed by atoms with Crippen LogP contribution >= 0.6 is 0 Å². The number of carbonyl (C=O) groups excluding carboxylic acids is 1. The zero-order chi connectivity index (χ0) is 28.1. The van der Waals surface area contributed by atoms with Crippen LogP contribution in [0.3, 0.4) is 0 Å². The molecular weight excluding hydrogens is 492 g/mol. The van der Waals surface area contributed by atoms with Gasteiger partial charge in [0, 0.05) is 31.1 Å². The van der Waals surface area contributed by atoms with Gasteiger partial charge in [-0.1, -0.05) is 49.6 Å². The van der Waals surface area contributed by atoms with E-state index in [0.29, 0.717) is 30.0 Å². The van der Waals surface area contributed by atoms with Crippen LogP contribution in [0, 0.1) is 40.4 Å². The quantitative estimate of drug-likeness (QED) is 0.240. The van der Waals surface area contributed by atoms with E-state index in [2.05, 4.69) is 66.1 Å². The van der Waals surface area contributed by atoms with Crippen molar-refractivity contribution < 1.29 is 10.0 Å². The summed E-state index contributed by atoms with van der Waals surface area (Å²) in [6, 6.07) is 9.47. The summed E-state index contributed by atoms with van der Waals surface area (Å²) in [6.45, 7) is 11.0. The minimum Gasteiger partial charge on any atom is -0.411 e. The average Bonchev–Trinajstić information content (AvgIpc) is 3.29. The second-order valence-electron chi connectivity index (χ2n) is 13.4. The molecule has 5 aliphatic rings. The van der Waals surface area contributed by atoms with Crippen molar-refractivity contribution in [1.29, 1.82) is 0 Å². The SMILES string of the molecule is CC#C[C@]1(C(=O)CC)CC[C@H]2[C@@H]3CC(C)C4=C/C(=N/O)CCC4=C3[C@@H](c3ccc(N4CCCCC4)cc3)C[C@@]21C. The Kier molecular flexibility index (Phi) is 7.22. The van der Waals surface area contributed by atoms with Gasteiger partial charge < -0.3 is 10.1 Å². The Morgan fingerprint density at radius 1 is 1.15 bits per heavy atom. The van der Waals surface area contributed by atoms with Crippen molar-refractivity contribution in [3.8, 4) is 11.8 Å². The molecule has 6 rings (SSSR count). The lowest BCUT2D eigenvalue weighted by molar-refractivity contribution is -0.132. The van der Waals surface area contributed by atoms with Crippen LogP contribution in [0.25, 0.3) is 0 Å². The summed E-state index contributed by atoms with van der Waals surface area (Å²) in [7, 11) is 0. The van der Waals surface area contributed by atoms with Gasteiger partial charge in [0.25, 0.3) is 0 Å². The third-order valence-corrected chi connectivity index (χ3v) is 11.6. The van der Waals surface area contributed by atoms with E-state index in [-0.39, 0.29) is 11.3 Å². The first-order valence-electron chi connectivity index (χ1n) is 15.8. The van der Waals surface area contributed by atoms with Gasteiger partial charge in [0.05, 0.1) is 11.1 Å². The summed E-state index contributed by atoms with van der Waals surface area (Å²) in [6.07, 6.45) is 12.4. The molecule has 4 aliphatic carbocycles. The van der Waals surface area contributed by atoms with Gasteiger partial charge in [-0.3, -0.25) is 4.79 Å². The molecule has 212 valence electrons. The van der Waals surface area contributed by atoms with Gasteiger partial charge in [-0.05, 0) is 123 Å². The molecule has 0 bridgehead atoms. The normalized spacial score (nSPS) is 36.2. The van der Waals surface area contributed by atoms with Crippen LogP contribution in [-0.2, 0) is 4.79 Å². The van der Waals surface area contributed by atoms with Crippen LogP contribution < -0.4 is 4.90 Å². The van der Waals surface area contributed by atoms with Crippen LogP contribution in [0.2, 0.25) is 0 Å². The minimum absolute atomic E-state index is 0.151. The fraction of sp³-hybridized carbons (Fsp3) is 0.611. The van der Waals surface area contributed by atoms with Crippen molar-refractivity contribution in [2.75, 3.05) is 18.0 Å². The maximum atomic E-state index is 13.8. The van der Waals surface area contributed by atoms with Crippen molar-refractivity contribution in [2.45, 2.75) is 97.8 Å². The Morgan fingerprint density at radius 3 is 2.58 bits per heavy atom. The van der Waals surface area contributed by atoms with Crippen LogP contribution in [0.5, 0.6) is 0 Å². The number of anilines is 1. The van der Waals surface area contributed by atoms with Gasteiger partial charge in [0.2, 0.25) is 0 Å². The van der Waals surface area contributed by atoms with Crippen LogP contribution in [0.1, 0.15) is 103 Å². The summed E-state index contributed by atoms with van der Waals surface area (Å²) in [5.74, 6) is 8.76. The largest absolute Gasteiger partial charge is 0.411 e. The first-order chi connectivity index (χ1) is 19.4. The molecule has 40 heavy (non-hydrogen) atoms. The van der Waals surface area contributed by atoms with Crippen molar-refractivity contribution in [3.63, 3.8) is 0 Å². The highest BCUT2D eigenvalue weighted by molar-refractivity contribution is 5.97. The van der Waals surface area contributed by atoms with E-state index in [1.165, 1.54) is 41.7 Å². The predicted molar refractivity (Wildman–Crippen MR) is 163 cm³/mol. The Hall–Kier alpha value is -2.80. The highest BCUT2D eigenvalue weighted by atomic mass is 16.4. The summed E-state index contributed by atoms with van der Waals surface area (Å²) >= 11 is 0. The number of carbonyl (C=O) groups is 1. The lowest BCUT2D eigenvalue weighted by Gasteiger charge is -2.55. The van der Waals surface area contributed by atoms with E-state index in [0.717, 1.165) is 57.3 Å². The molecule has 1 unspecified atom stereocenters. The van der Waals surface area contributed by atoms with Crippen LogP contribution in [0.15, 0.2) is 52.2 Å². The number of fused-ring (bicyclic) bond motifs is 4. The van der Waals surface area contributed by atoms with Gasteiger partial charge in [-0.15, -0.1) is 5.92 Å². The molecule has 3 fully saturated rings. The first kappa shape index (κ1) is 27.4. The number of hydrogen-bond acceptors (Lipinski definition) is 4. The number of Topliss-reactive ketones (excluding diaryl/α,β-unsaturated/α-hetero) is 1. The average molecular weight is 539 g/mol. The van der Waals surface area contributed by atoms with Crippen LogP contribution in [0.4, 0.5) is 5.69 Å². The summed E-state index contributed by atoms with van der Waals surface area (Å²) < 4.78 is 0. The van der Waals surface area contributed by atoms with E-state index in [1.807, 2.05) is 13.8 Å². The topological polar surface area (TPSA) is 52.9 Å². The molecule has 1 aromatic carbocycles. The van der Waals surface area contributed by atoms with Gasteiger partial charge >= 0.3 is 0 Å². The van der Waals surface area contributed by atoms with Gasteiger partial charge in [0.1, 0.15) is 0 Å². The second-order valence-corrected chi connectivity index (χ2v) is 13.4. The molecule has 4 nitrogen and oxygen atoms in total. The molecule has 1 aliphatic heterocycles. The molecule has 0 amide bonds. The Labute approximate surface area is 241 Å². The number of benzene rings is 1. The molecule has 6 atom stereocenters. The fourth-order valence-electron chi connectivity index (χ4n) is 9.69. The number of ketones is 1. The lowest BCUT2D eigenvalue weighted by atomic mass is 9.47. The zero-order valence-electron chi connectivity index (χ0n) is 24.9. The summed E-state index contributed by atoms with van der Waals surface area (Å²) in [5.41, 5.74) is 7.35. The van der Waals surface area contributed by atoms with Crippen molar-refractivity contribution in [2.24, 2.45) is 33.7 Å². The molecular formula is C36H46N2O2. The third kappa shape index (κ3) is 4.10. The van der Waals surface area contributed by atoms with Gasteiger partial charge in [0.15, 0.2) is 5.78 Å². The Balaban J connectivity index is 1.50. The monoisotopic (exact) mass is 538 g/mol. The maximum Gasteiger partial charge on any atom is 0.151 e. The van der Waals surface area contributed by atoms with E-state index >= 15 is 0 Å². The predicted octanol–water partition coefficient (Wildman–Crippen LogP) is 8.07. The number of oxime groups is 1. The number of nitrogens with zero attached hydrogens (tertiary/aromatic N) is 2. The van der Waals surface area contributed by atoms with Gasteiger partial charge in [-0.2, -0.15) is 0 Å². The van der Waals surface area contributed by atoms with Crippen molar-refractivity contribution in [1.82, 2.24) is 0 Å². The molecule has 1 N–H and O–H groups in total. The zero-order valence-corrected chi connectivity index (χ0v) is 24.9. The first-order valence-corrected chi connectivity index (χ1v) is 15.8. The molecule has 1 saturated heterocycles. The molecule has 0 aromatic heterocycles. The summed E-state index contributed by atoms with van der Waals surface area (Å²) in [5, 5.41) is 13.2. The van der Waals surface area contributed by atoms with Gasteiger partial charge in [-0.25, -0.2) is 0 Å². The number of hydrogen-bond donors (Lipinski definition) is 1. The molecule has 0 radical (unpaired) electrons. The van der Waals surface area contributed by atoms with E-state index in [1.54, 1.807) is 5.57 Å². The Bertz CT molecular complexity index is 1320. The van der Waals surface area contributed by atoms with Crippen LogP contribution in [-0.4, -0.2) is 29.8 Å². The van der Waals surface area contributed by atoms with E-state index < -0.39 is 5.41 Å². The Morgan fingerprint density at radius 2 is 1.90 bits per heavy atom. The molecule has 4 heteroatoms. The lowest BCUT2D eigenvalue weighted by Crippen LogP contribution is -2.51. The van der Waals surface area contributed by atoms with E-state index in [4.69, 9.17) is 0 Å². The standard InChI is InChI=1S/C36H46N2O2/c1-5-17-36(33(39)6-2)18-16-32-30-21-24(3)29-22-26(37-40)12-15-28(29)34(30)31(23-35(32,36)4)25-10-13-27(14-11-25)38-19-8-7-9-20-38/h10-11,13-14,22,24,30-32,40H,6-9,12,15-16,18-21,23H2,1-4H3/b37-26+/t24?,30-,31+,32-,35-,36+/m0/s1. The number of piperidine rings is 1.